The fourth-order valence-corrected chi connectivity index (χ4v) is 1.46. The van der Waals surface area contributed by atoms with Gasteiger partial charge in [-0.1, -0.05) is 0 Å². The zero-order valence-corrected chi connectivity index (χ0v) is 9.98. The molecule has 7 N–H and O–H groups in total. The molecule has 0 rings (SSSR count). The average molecular weight is 276 g/mol. The van der Waals surface area contributed by atoms with Gasteiger partial charge < -0.3 is 26.8 Å². The molecule has 19 heavy (non-hydrogen) atoms. The highest BCUT2D eigenvalue weighted by atomic mass is 16.4. The summed E-state index contributed by atoms with van der Waals surface area (Å²) in [6.07, 6.45) is -1.36. The van der Waals surface area contributed by atoms with Crippen LogP contribution in [0.4, 0.5) is 0 Å². The van der Waals surface area contributed by atoms with E-state index < -0.39 is 48.1 Å². The molecule has 0 saturated heterocycles. The fourth-order valence-electron chi connectivity index (χ4n) is 1.46. The maximum absolute atomic E-state index is 11.8. The van der Waals surface area contributed by atoms with E-state index in [1.165, 1.54) is 0 Å². The molecular formula is C10H16N2O7. The predicted octanol–water partition coefficient (Wildman–Crippen LogP) is -1.75. The number of nitrogens with two attached hydrogens (primary N) is 2. The van der Waals surface area contributed by atoms with Gasteiger partial charge in [0.15, 0.2) is 5.78 Å². The number of hydrogen-bond acceptors (Lipinski definition) is 6. The average Bonchev–Trinajstić information content (AvgIpc) is 2.30. The SMILES string of the molecule is N[C@H](C(=O)O)C(CC(=O)O)C(=O)[C@@H](N)CCC(=O)O. The Balaban J connectivity index is 4.83. The maximum atomic E-state index is 11.8. The van der Waals surface area contributed by atoms with Gasteiger partial charge in [0.25, 0.3) is 0 Å². The van der Waals surface area contributed by atoms with E-state index in [-0.39, 0.29) is 12.8 Å². The molecule has 0 saturated carbocycles. The van der Waals surface area contributed by atoms with E-state index in [2.05, 4.69) is 0 Å². The van der Waals surface area contributed by atoms with Crippen LogP contribution in [0.3, 0.4) is 0 Å². The summed E-state index contributed by atoms with van der Waals surface area (Å²) in [4.78, 5) is 43.5. The van der Waals surface area contributed by atoms with Gasteiger partial charge in [0.05, 0.1) is 18.4 Å². The molecule has 0 amide bonds. The molecule has 1 unspecified atom stereocenters. The lowest BCUT2D eigenvalue weighted by molar-refractivity contribution is -0.146. The number of Topliss-reactive ketones (excluding diaryl/α,β-unsaturated/α-hetero) is 1. The molecule has 0 radical (unpaired) electrons. The highest BCUT2D eigenvalue weighted by molar-refractivity contribution is 5.93. The van der Waals surface area contributed by atoms with Crippen LogP contribution in [-0.4, -0.2) is 51.1 Å². The van der Waals surface area contributed by atoms with Crippen molar-refractivity contribution in [2.24, 2.45) is 17.4 Å². The highest BCUT2D eigenvalue weighted by Gasteiger charge is 2.35. The smallest absolute Gasteiger partial charge is 0.321 e. The van der Waals surface area contributed by atoms with Crippen molar-refractivity contribution in [2.45, 2.75) is 31.3 Å². The molecule has 3 atom stereocenters. The predicted molar refractivity (Wildman–Crippen MR) is 61.2 cm³/mol. The molecule has 108 valence electrons. The Bertz CT molecular complexity index is 382. The van der Waals surface area contributed by atoms with Crippen LogP contribution in [0.15, 0.2) is 0 Å². The normalized spacial score (nSPS) is 15.3. The zero-order chi connectivity index (χ0) is 15.2. The minimum atomic E-state index is -1.69. The molecular weight excluding hydrogens is 260 g/mol. The number of rotatable bonds is 9. The maximum Gasteiger partial charge on any atom is 0.321 e. The van der Waals surface area contributed by atoms with Gasteiger partial charge in [0.1, 0.15) is 6.04 Å². The van der Waals surface area contributed by atoms with Crippen LogP contribution in [0.1, 0.15) is 19.3 Å². The Morgan fingerprint density at radius 1 is 0.947 bits per heavy atom. The molecule has 0 aromatic heterocycles. The van der Waals surface area contributed by atoms with Crippen molar-refractivity contribution in [3.8, 4) is 0 Å². The van der Waals surface area contributed by atoms with Gasteiger partial charge >= 0.3 is 17.9 Å². The number of aliphatic carboxylic acids is 3. The Labute approximate surface area is 108 Å². The van der Waals surface area contributed by atoms with Gasteiger partial charge in [-0.2, -0.15) is 0 Å². The van der Waals surface area contributed by atoms with Crippen molar-refractivity contribution in [1.82, 2.24) is 0 Å². The van der Waals surface area contributed by atoms with Crippen LogP contribution in [-0.2, 0) is 19.2 Å². The van der Waals surface area contributed by atoms with Crippen molar-refractivity contribution in [1.29, 1.82) is 0 Å². The summed E-state index contributed by atoms with van der Waals surface area (Å²) in [7, 11) is 0. The number of ketones is 1. The van der Waals surface area contributed by atoms with E-state index in [4.69, 9.17) is 26.8 Å². The van der Waals surface area contributed by atoms with Crippen LogP contribution >= 0.6 is 0 Å². The largest absolute Gasteiger partial charge is 0.481 e. The third-order valence-corrected chi connectivity index (χ3v) is 2.51. The van der Waals surface area contributed by atoms with E-state index in [1.807, 2.05) is 0 Å². The summed E-state index contributed by atoms with van der Waals surface area (Å²) in [5, 5.41) is 25.8. The Hall–Kier alpha value is -2.00. The van der Waals surface area contributed by atoms with E-state index >= 15 is 0 Å². The van der Waals surface area contributed by atoms with Crippen molar-refractivity contribution in [3.05, 3.63) is 0 Å². The lowest BCUT2D eigenvalue weighted by Gasteiger charge is -2.21. The number of carboxylic acids is 3. The molecule has 0 aromatic carbocycles. The summed E-state index contributed by atoms with van der Waals surface area (Å²) >= 11 is 0. The van der Waals surface area contributed by atoms with Crippen LogP contribution in [0, 0.1) is 5.92 Å². The second-order valence-corrected chi connectivity index (χ2v) is 4.01. The fraction of sp³-hybridized carbons (Fsp3) is 0.600. The van der Waals surface area contributed by atoms with Gasteiger partial charge in [-0.3, -0.25) is 19.2 Å². The summed E-state index contributed by atoms with van der Waals surface area (Å²) < 4.78 is 0. The topological polar surface area (TPSA) is 181 Å². The standard InChI is InChI=1S/C10H16N2O7/c11-5(1-2-6(13)14)9(17)4(3-7(15)16)8(12)10(18)19/h4-5,8H,1-3,11-12H2,(H,13,14)(H,15,16)(H,18,19)/t4?,5-,8-/m0/s1. The van der Waals surface area contributed by atoms with Crippen molar-refractivity contribution in [2.75, 3.05) is 0 Å². The van der Waals surface area contributed by atoms with Gasteiger partial charge in [-0.05, 0) is 6.42 Å². The number of carbonyl (C=O) groups is 4. The van der Waals surface area contributed by atoms with E-state index in [9.17, 15) is 19.2 Å². The summed E-state index contributed by atoms with van der Waals surface area (Å²) in [6, 6.07) is -2.95. The molecule has 0 aliphatic rings. The molecule has 0 aliphatic heterocycles. The summed E-state index contributed by atoms with van der Waals surface area (Å²) in [5.41, 5.74) is 10.7. The minimum Gasteiger partial charge on any atom is -0.481 e. The lowest BCUT2D eigenvalue weighted by Crippen LogP contribution is -2.48. The van der Waals surface area contributed by atoms with Crippen molar-refractivity contribution >= 4 is 23.7 Å². The molecule has 0 heterocycles. The third-order valence-electron chi connectivity index (χ3n) is 2.51. The van der Waals surface area contributed by atoms with Crippen LogP contribution in [0.25, 0.3) is 0 Å². The van der Waals surface area contributed by atoms with Gasteiger partial charge in [0.2, 0.25) is 0 Å². The Morgan fingerprint density at radius 3 is 1.84 bits per heavy atom. The zero-order valence-electron chi connectivity index (χ0n) is 9.98. The first kappa shape index (κ1) is 17.0. The van der Waals surface area contributed by atoms with Crippen molar-refractivity contribution in [3.63, 3.8) is 0 Å². The molecule has 9 nitrogen and oxygen atoms in total. The van der Waals surface area contributed by atoms with Gasteiger partial charge in [-0.15, -0.1) is 0 Å². The molecule has 0 spiro atoms. The van der Waals surface area contributed by atoms with Crippen LogP contribution in [0.5, 0.6) is 0 Å². The molecule has 0 bridgehead atoms. The Kier molecular flexibility index (Phi) is 6.66. The number of carboxylic acid groups (broad SMARTS) is 3. The van der Waals surface area contributed by atoms with E-state index in [1.54, 1.807) is 0 Å². The second-order valence-electron chi connectivity index (χ2n) is 4.01. The minimum absolute atomic E-state index is 0.212. The van der Waals surface area contributed by atoms with Crippen LogP contribution in [0.2, 0.25) is 0 Å². The lowest BCUT2D eigenvalue weighted by atomic mass is 9.87. The van der Waals surface area contributed by atoms with E-state index in [0.717, 1.165) is 0 Å². The molecule has 0 aliphatic carbocycles. The van der Waals surface area contributed by atoms with Gasteiger partial charge in [-0.25, -0.2) is 0 Å². The quantitative estimate of drug-likeness (QED) is 0.326. The first-order chi connectivity index (χ1) is 8.66. The molecule has 0 aromatic rings. The third kappa shape index (κ3) is 5.93. The molecule has 0 fully saturated rings. The Morgan fingerprint density at radius 2 is 1.47 bits per heavy atom. The number of hydrogen-bond donors (Lipinski definition) is 5. The van der Waals surface area contributed by atoms with Crippen molar-refractivity contribution < 1.29 is 34.5 Å². The van der Waals surface area contributed by atoms with Crippen LogP contribution < -0.4 is 11.5 Å². The highest BCUT2D eigenvalue weighted by Crippen LogP contribution is 2.13. The number of carbonyl (C=O) groups excluding carboxylic acids is 1. The first-order valence-electron chi connectivity index (χ1n) is 5.38. The van der Waals surface area contributed by atoms with E-state index in [0.29, 0.717) is 0 Å². The monoisotopic (exact) mass is 276 g/mol. The summed E-state index contributed by atoms with van der Waals surface area (Å²) in [5.74, 6) is -6.43. The van der Waals surface area contributed by atoms with Gasteiger partial charge in [0, 0.05) is 6.42 Å². The second kappa shape index (κ2) is 7.44. The first-order valence-corrected chi connectivity index (χ1v) is 5.38. The summed E-state index contributed by atoms with van der Waals surface area (Å²) in [6.45, 7) is 0. The molecule has 9 heteroatoms.